The van der Waals surface area contributed by atoms with Crippen molar-refractivity contribution in [3.8, 4) is 0 Å². The van der Waals surface area contributed by atoms with Crippen LogP contribution >= 0.6 is 11.6 Å². The summed E-state index contributed by atoms with van der Waals surface area (Å²) in [7, 11) is 0. The van der Waals surface area contributed by atoms with Crippen LogP contribution in [0.5, 0.6) is 0 Å². The Morgan fingerprint density at radius 3 is 2.51 bits per heavy atom. The number of amides is 3. The van der Waals surface area contributed by atoms with Crippen molar-refractivity contribution in [3.05, 3.63) is 46.6 Å². The van der Waals surface area contributed by atoms with Gasteiger partial charge >= 0.3 is 12.2 Å². The fourth-order valence-electron chi connectivity index (χ4n) is 3.81. The van der Waals surface area contributed by atoms with Crippen LogP contribution in [0, 0.1) is 0 Å². The summed E-state index contributed by atoms with van der Waals surface area (Å²) in [5.41, 5.74) is -2.83. The number of urea groups is 1. The average Bonchev–Trinajstić information content (AvgIpc) is 3.34. The normalized spacial score (nSPS) is 17.5. The quantitative estimate of drug-likeness (QED) is 0.355. The van der Waals surface area contributed by atoms with Crippen LogP contribution in [0.4, 0.5) is 38.1 Å². The zero-order valence-corrected chi connectivity index (χ0v) is 20.2. The van der Waals surface area contributed by atoms with E-state index in [0.29, 0.717) is 0 Å². The predicted octanol–water partition coefficient (Wildman–Crippen LogP) is 4.66. The molecule has 0 spiro atoms. The molecule has 1 atom stereocenters. The monoisotopic (exact) mass is 547 g/mol. The van der Waals surface area contributed by atoms with Crippen molar-refractivity contribution in [2.75, 3.05) is 16.8 Å². The van der Waals surface area contributed by atoms with Crippen molar-refractivity contribution < 1.29 is 36.4 Å². The van der Waals surface area contributed by atoms with Gasteiger partial charge in [-0.05, 0) is 26.8 Å². The Labute approximate surface area is 210 Å². The average molecular weight is 548 g/mol. The lowest BCUT2D eigenvalue weighted by Crippen LogP contribution is -2.46. The van der Waals surface area contributed by atoms with E-state index < -0.39 is 53.9 Å². The highest BCUT2D eigenvalue weighted by molar-refractivity contribution is 6.29. The fraction of sp³-hybridized carbons (Fsp3) is 0.381. The molecule has 198 valence electrons. The molecule has 1 aliphatic heterocycles. The molecule has 3 aromatic rings. The molecular weight excluding hydrogens is 529 g/mol. The van der Waals surface area contributed by atoms with Crippen molar-refractivity contribution in [3.63, 3.8) is 0 Å². The predicted molar refractivity (Wildman–Crippen MR) is 121 cm³/mol. The number of aromatic nitrogens is 4. The van der Waals surface area contributed by atoms with Gasteiger partial charge in [0.25, 0.3) is 12.3 Å². The van der Waals surface area contributed by atoms with E-state index in [1.165, 1.54) is 6.07 Å². The maximum Gasteiger partial charge on any atom is 0.401 e. The minimum atomic E-state index is -4.80. The van der Waals surface area contributed by atoms with Gasteiger partial charge in [0, 0.05) is 12.6 Å². The lowest BCUT2D eigenvalue weighted by atomic mass is 9.88. The number of hydroxylamine groups is 1. The highest BCUT2D eigenvalue weighted by atomic mass is 35.5. The van der Waals surface area contributed by atoms with E-state index in [1.54, 1.807) is 13.8 Å². The summed E-state index contributed by atoms with van der Waals surface area (Å²) >= 11 is 5.86. The molecule has 16 heteroatoms. The minimum absolute atomic E-state index is 0.0440. The van der Waals surface area contributed by atoms with E-state index in [0.717, 1.165) is 34.8 Å². The second-order valence-corrected chi connectivity index (χ2v) is 9.02. The summed E-state index contributed by atoms with van der Waals surface area (Å²) in [6.07, 6.45) is -6.41. The summed E-state index contributed by atoms with van der Waals surface area (Å²) in [6.45, 7) is 3.25. The molecule has 0 unspecified atom stereocenters. The first kappa shape index (κ1) is 26.5. The smallest absolute Gasteiger partial charge is 0.306 e. The summed E-state index contributed by atoms with van der Waals surface area (Å²) in [5, 5.41) is 6.04. The summed E-state index contributed by atoms with van der Waals surface area (Å²) in [5.74, 6) is -1.04. The van der Waals surface area contributed by atoms with Gasteiger partial charge in [0.1, 0.15) is 11.1 Å². The number of nitrogens with zero attached hydrogens (tertiary/aromatic N) is 5. The Kier molecular flexibility index (Phi) is 6.71. The molecule has 10 nitrogen and oxygen atoms in total. The van der Waals surface area contributed by atoms with Crippen molar-refractivity contribution >= 4 is 40.6 Å². The molecule has 3 aromatic heterocycles. The van der Waals surface area contributed by atoms with E-state index in [-0.39, 0.29) is 27.9 Å². The zero-order valence-electron chi connectivity index (χ0n) is 19.4. The number of alkyl halides is 5. The first-order chi connectivity index (χ1) is 17.2. The Morgan fingerprint density at radius 2 is 1.89 bits per heavy atom. The molecule has 1 aliphatic rings. The first-order valence-corrected chi connectivity index (χ1v) is 11.0. The number of pyridine rings is 1. The SMILES string of the molecule is CC(C)ONC(=O)c1ncc(NC(=O)N2C[C@@](C)(C(F)(F)F)c3c2cnc2cc(Cl)nn32)cc1C(F)F. The first-order valence-electron chi connectivity index (χ1n) is 10.7. The zero-order chi connectivity index (χ0) is 27.3. The fourth-order valence-corrected chi connectivity index (χ4v) is 3.98. The summed E-state index contributed by atoms with van der Waals surface area (Å²) in [4.78, 5) is 38.6. The third-order valence-corrected chi connectivity index (χ3v) is 5.78. The molecule has 0 saturated carbocycles. The number of carbonyl (C=O) groups is 2. The van der Waals surface area contributed by atoms with Crippen LogP contribution in [0.25, 0.3) is 5.65 Å². The molecule has 0 saturated heterocycles. The molecule has 3 amide bonds. The van der Waals surface area contributed by atoms with Gasteiger partial charge in [0.05, 0.1) is 41.1 Å². The number of fused-ring (bicyclic) bond motifs is 3. The van der Waals surface area contributed by atoms with Gasteiger partial charge in [-0.25, -0.2) is 33.5 Å². The van der Waals surface area contributed by atoms with Crippen LogP contribution in [0.15, 0.2) is 24.5 Å². The Balaban J connectivity index is 1.67. The number of nitrogens with one attached hydrogen (secondary N) is 2. The third kappa shape index (κ3) is 4.75. The number of halogens is 6. The van der Waals surface area contributed by atoms with Gasteiger partial charge < -0.3 is 5.32 Å². The number of hydrogen-bond acceptors (Lipinski definition) is 6. The molecule has 4 heterocycles. The largest absolute Gasteiger partial charge is 0.401 e. The molecule has 0 aliphatic carbocycles. The highest BCUT2D eigenvalue weighted by Crippen LogP contribution is 2.50. The van der Waals surface area contributed by atoms with E-state index >= 15 is 0 Å². The lowest BCUT2D eigenvalue weighted by Gasteiger charge is -2.28. The van der Waals surface area contributed by atoms with Gasteiger partial charge in [-0.15, -0.1) is 0 Å². The highest BCUT2D eigenvalue weighted by Gasteiger charge is 2.60. The number of anilines is 2. The second kappa shape index (κ2) is 9.37. The van der Waals surface area contributed by atoms with Crippen LogP contribution in [0.1, 0.15) is 48.9 Å². The summed E-state index contributed by atoms with van der Waals surface area (Å²) < 4.78 is 70.8. The molecule has 4 rings (SSSR count). The minimum Gasteiger partial charge on any atom is -0.306 e. The number of rotatable bonds is 5. The van der Waals surface area contributed by atoms with Gasteiger partial charge in [-0.1, -0.05) is 11.6 Å². The molecule has 2 N–H and O–H groups in total. The second-order valence-electron chi connectivity index (χ2n) is 8.64. The number of carbonyl (C=O) groups excluding carboxylic acids is 2. The van der Waals surface area contributed by atoms with Gasteiger partial charge in [0.2, 0.25) is 0 Å². The lowest BCUT2D eigenvalue weighted by molar-refractivity contribution is -0.181. The van der Waals surface area contributed by atoms with E-state index in [4.69, 9.17) is 16.4 Å². The molecule has 0 bridgehead atoms. The number of hydrogen-bond donors (Lipinski definition) is 2. The van der Waals surface area contributed by atoms with E-state index in [2.05, 4.69) is 20.4 Å². The molecule has 0 radical (unpaired) electrons. The van der Waals surface area contributed by atoms with Crippen LogP contribution < -0.4 is 15.7 Å². The maximum atomic E-state index is 14.2. The topological polar surface area (TPSA) is 114 Å². The van der Waals surface area contributed by atoms with Gasteiger partial charge in [0.15, 0.2) is 10.8 Å². The third-order valence-electron chi connectivity index (χ3n) is 5.60. The standard InChI is InChI=1S/C21H19ClF5N7O3/c1-9(2)37-32-18(35)15-11(17(23)24)4-10(6-29-15)30-19(36)33-8-20(3,21(25,26)27)16-12(33)7-28-14-5-13(22)31-34(14)16/h4-7,9,17H,8H2,1-3H3,(H,30,36)(H,32,35)/t20-/m1/s1. The Bertz CT molecular complexity index is 1380. The van der Waals surface area contributed by atoms with E-state index in [9.17, 15) is 31.5 Å². The maximum absolute atomic E-state index is 14.2. The molecule has 0 fully saturated rings. The Morgan fingerprint density at radius 1 is 1.19 bits per heavy atom. The van der Waals surface area contributed by atoms with Crippen molar-refractivity contribution in [2.45, 2.75) is 44.9 Å². The molecule has 0 aromatic carbocycles. The molecule has 37 heavy (non-hydrogen) atoms. The van der Waals surface area contributed by atoms with E-state index in [1.807, 2.05) is 5.48 Å². The Hall–Kier alpha value is -3.59. The van der Waals surface area contributed by atoms with Crippen LogP contribution in [-0.2, 0) is 10.3 Å². The molecular formula is C21H19ClF5N7O3. The van der Waals surface area contributed by atoms with Gasteiger partial charge in [-0.3, -0.25) is 14.5 Å². The van der Waals surface area contributed by atoms with Crippen molar-refractivity contribution in [1.82, 2.24) is 25.1 Å². The van der Waals surface area contributed by atoms with Crippen LogP contribution in [-0.4, -0.2) is 50.3 Å². The van der Waals surface area contributed by atoms with Crippen LogP contribution in [0.2, 0.25) is 5.15 Å². The van der Waals surface area contributed by atoms with Gasteiger partial charge in [-0.2, -0.15) is 18.3 Å². The van der Waals surface area contributed by atoms with Crippen molar-refractivity contribution in [1.29, 1.82) is 0 Å². The van der Waals surface area contributed by atoms with Crippen molar-refractivity contribution in [2.24, 2.45) is 0 Å². The van der Waals surface area contributed by atoms with Crippen LogP contribution in [0.3, 0.4) is 0 Å². The summed E-state index contributed by atoms with van der Waals surface area (Å²) in [6, 6.07) is 0.994.